The van der Waals surface area contributed by atoms with E-state index in [9.17, 15) is 0 Å². The average Bonchev–Trinajstić information content (AvgIpc) is 2.28. The summed E-state index contributed by atoms with van der Waals surface area (Å²) >= 11 is 0. The van der Waals surface area contributed by atoms with Crippen LogP contribution in [0.3, 0.4) is 0 Å². The zero-order valence-corrected chi connectivity index (χ0v) is 15.7. The maximum absolute atomic E-state index is 2.39. The van der Waals surface area contributed by atoms with E-state index in [4.69, 9.17) is 0 Å². The summed E-state index contributed by atoms with van der Waals surface area (Å²) in [6, 6.07) is 0. The van der Waals surface area contributed by atoms with Gasteiger partial charge in [-0.2, -0.15) is 0 Å². The van der Waals surface area contributed by atoms with Crippen LogP contribution in [0, 0.1) is 0 Å². The fourth-order valence-corrected chi connectivity index (χ4v) is 9.29. The summed E-state index contributed by atoms with van der Waals surface area (Å²) in [5.74, 6) is 0. The molecule has 0 heterocycles. The number of hydrogen-bond acceptors (Lipinski definition) is 0. The Morgan fingerprint density at radius 3 is 1.47 bits per heavy atom. The van der Waals surface area contributed by atoms with Gasteiger partial charge in [-0.25, -0.2) is 0 Å². The van der Waals surface area contributed by atoms with Crippen LogP contribution >= 0.6 is 7.26 Å². The van der Waals surface area contributed by atoms with E-state index >= 15 is 0 Å². The first-order valence-electron chi connectivity index (χ1n) is 8.69. The number of rotatable bonds is 12. The zero-order chi connectivity index (χ0) is 14.8. The van der Waals surface area contributed by atoms with Gasteiger partial charge in [0.1, 0.15) is 0 Å². The van der Waals surface area contributed by atoms with Gasteiger partial charge in [0, 0.05) is 0 Å². The second-order valence-electron chi connectivity index (χ2n) is 7.57. The second kappa shape index (κ2) is 10.2. The molecule has 118 valence electrons. The Kier molecular flexibility index (Phi) is 10.4. The molecular formula is C17H41NP+. The van der Waals surface area contributed by atoms with Crippen molar-refractivity contribution in [2.75, 3.05) is 52.3 Å². The number of nitrogens with zero attached hydrogens (tertiary/aromatic N) is 1. The average molecular weight is 290 g/mol. The van der Waals surface area contributed by atoms with Crippen molar-refractivity contribution in [2.24, 2.45) is 0 Å². The summed E-state index contributed by atoms with van der Waals surface area (Å²) in [6.07, 6.45) is 15.0. The van der Waals surface area contributed by atoms with E-state index in [1.54, 1.807) is 24.6 Å². The van der Waals surface area contributed by atoms with Crippen LogP contribution in [0.15, 0.2) is 0 Å². The molecule has 0 aliphatic rings. The van der Waals surface area contributed by atoms with Crippen LogP contribution in [-0.2, 0) is 0 Å². The molecule has 0 bridgehead atoms. The molecule has 0 aliphatic heterocycles. The standard InChI is InChI=1S/C17H41NP/c1-7-14-19(15-8-2,16-9-3)17-12-10-11-13-18(4,5)6/h19H,7-17H2,1-6H3/q+1. The Labute approximate surface area is 124 Å². The SMILES string of the molecule is CCC[PH](CCC)(CCC)CCCCC[N+](C)(C)C. The maximum atomic E-state index is 2.39. The molecular weight excluding hydrogens is 249 g/mol. The van der Waals surface area contributed by atoms with E-state index in [0.717, 1.165) is 4.48 Å². The van der Waals surface area contributed by atoms with Crippen molar-refractivity contribution in [3.05, 3.63) is 0 Å². The fourth-order valence-electron chi connectivity index (χ4n) is 3.60. The van der Waals surface area contributed by atoms with E-state index in [2.05, 4.69) is 41.9 Å². The van der Waals surface area contributed by atoms with Gasteiger partial charge in [0.25, 0.3) is 0 Å². The molecule has 0 saturated carbocycles. The van der Waals surface area contributed by atoms with Crippen LogP contribution in [0.2, 0.25) is 0 Å². The van der Waals surface area contributed by atoms with Gasteiger partial charge in [0.15, 0.2) is 0 Å². The molecule has 0 aromatic rings. The Morgan fingerprint density at radius 2 is 1.11 bits per heavy atom. The summed E-state index contributed by atoms with van der Waals surface area (Å²) in [7, 11) is 6.03. The topological polar surface area (TPSA) is 0 Å². The second-order valence-corrected chi connectivity index (χ2v) is 12.6. The molecule has 0 atom stereocenters. The summed E-state index contributed by atoms with van der Waals surface area (Å²) in [4.78, 5) is 0. The molecule has 2 heteroatoms. The third-order valence-corrected chi connectivity index (χ3v) is 10.5. The van der Waals surface area contributed by atoms with Gasteiger partial charge < -0.3 is 0 Å². The molecule has 0 amide bonds. The quantitative estimate of drug-likeness (QED) is 0.274. The summed E-state index contributed by atoms with van der Waals surface area (Å²) in [6.45, 7) is 8.52. The molecule has 1 nitrogen and oxygen atoms in total. The molecule has 0 aliphatic carbocycles. The number of hydrogen-bond donors (Lipinski definition) is 0. The normalized spacial score (nSPS) is 13.8. The molecule has 0 saturated heterocycles. The van der Waals surface area contributed by atoms with Crippen molar-refractivity contribution < 1.29 is 4.48 Å². The van der Waals surface area contributed by atoms with Crippen molar-refractivity contribution in [1.82, 2.24) is 0 Å². The molecule has 0 radical (unpaired) electrons. The van der Waals surface area contributed by atoms with Crippen LogP contribution in [0.5, 0.6) is 0 Å². The predicted octanol–water partition coefficient (Wildman–Crippen LogP) is 4.84. The van der Waals surface area contributed by atoms with Gasteiger partial charge in [-0.15, -0.1) is 0 Å². The van der Waals surface area contributed by atoms with Crippen LogP contribution in [-0.4, -0.2) is 56.8 Å². The van der Waals surface area contributed by atoms with Crippen LogP contribution in [0.4, 0.5) is 0 Å². The molecule has 0 aromatic carbocycles. The number of unbranched alkanes of at least 4 members (excludes halogenated alkanes) is 2. The Morgan fingerprint density at radius 1 is 0.632 bits per heavy atom. The van der Waals surface area contributed by atoms with Crippen molar-refractivity contribution in [1.29, 1.82) is 0 Å². The first-order valence-corrected chi connectivity index (χ1v) is 11.5. The minimum atomic E-state index is -0.897. The van der Waals surface area contributed by atoms with Gasteiger partial charge in [-0.3, -0.25) is 0 Å². The van der Waals surface area contributed by atoms with Crippen LogP contribution < -0.4 is 0 Å². The zero-order valence-electron chi connectivity index (χ0n) is 14.7. The molecule has 0 rings (SSSR count). The number of quaternary nitrogens is 1. The van der Waals surface area contributed by atoms with E-state index in [0.29, 0.717) is 0 Å². The Bertz CT molecular complexity index is 191. The van der Waals surface area contributed by atoms with E-state index in [-0.39, 0.29) is 0 Å². The summed E-state index contributed by atoms with van der Waals surface area (Å²) in [5.41, 5.74) is 0. The Balaban J connectivity index is 4.10. The van der Waals surface area contributed by atoms with Crippen LogP contribution in [0.25, 0.3) is 0 Å². The first-order chi connectivity index (χ1) is 8.89. The van der Waals surface area contributed by atoms with Gasteiger partial charge in [0.2, 0.25) is 0 Å². The van der Waals surface area contributed by atoms with Gasteiger partial charge >= 0.3 is 123 Å². The van der Waals surface area contributed by atoms with Crippen molar-refractivity contribution >= 4 is 7.26 Å². The monoisotopic (exact) mass is 290 g/mol. The van der Waals surface area contributed by atoms with Crippen molar-refractivity contribution in [3.8, 4) is 0 Å². The fraction of sp³-hybridized carbons (Fsp3) is 1.00. The van der Waals surface area contributed by atoms with Crippen molar-refractivity contribution in [2.45, 2.75) is 59.3 Å². The van der Waals surface area contributed by atoms with Gasteiger partial charge in [0.05, 0.1) is 0 Å². The molecule has 0 aromatic heterocycles. The molecule has 19 heavy (non-hydrogen) atoms. The van der Waals surface area contributed by atoms with Gasteiger partial charge in [-0.05, 0) is 0 Å². The molecule has 0 N–H and O–H groups in total. The third-order valence-electron chi connectivity index (χ3n) is 4.38. The predicted molar refractivity (Wildman–Crippen MR) is 95.4 cm³/mol. The summed E-state index contributed by atoms with van der Waals surface area (Å²) in [5, 5.41) is 0. The molecule has 0 fully saturated rings. The molecule has 0 unspecified atom stereocenters. The van der Waals surface area contributed by atoms with Gasteiger partial charge in [-0.1, -0.05) is 0 Å². The van der Waals surface area contributed by atoms with E-state index in [1.165, 1.54) is 45.1 Å². The Hall–Kier alpha value is 0.390. The van der Waals surface area contributed by atoms with E-state index < -0.39 is 7.26 Å². The first kappa shape index (κ1) is 19.4. The van der Waals surface area contributed by atoms with E-state index in [1.807, 2.05) is 0 Å². The summed E-state index contributed by atoms with van der Waals surface area (Å²) < 4.78 is 1.13. The third kappa shape index (κ3) is 9.85. The molecule has 0 spiro atoms. The minimum absolute atomic E-state index is 0.897. The van der Waals surface area contributed by atoms with Crippen LogP contribution in [0.1, 0.15) is 59.3 Å². The van der Waals surface area contributed by atoms with Crippen molar-refractivity contribution in [3.63, 3.8) is 0 Å².